The van der Waals surface area contributed by atoms with Crippen LogP contribution in [0.5, 0.6) is 0 Å². The number of fused-ring (bicyclic) bond motifs is 2. The summed E-state index contributed by atoms with van der Waals surface area (Å²) in [4.78, 5) is 16.7. The molecule has 7 aromatic rings. The maximum absolute atomic E-state index is 6.49. The lowest BCUT2D eigenvalue weighted by Gasteiger charge is -2.21. The van der Waals surface area contributed by atoms with Gasteiger partial charge in [0.2, 0.25) is 0 Å². The average molecular weight is 664 g/mol. The van der Waals surface area contributed by atoms with Crippen molar-refractivity contribution >= 4 is 52.2 Å². The van der Waals surface area contributed by atoms with E-state index in [-0.39, 0.29) is 6.04 Å². The van der Waals surface area contributed by atoms with Gasteiger partial charge in [-0.05, 0) is 66.4 Å². The molecule has 1 unspecified atom stereocenters. The zero-order valence-corrected chi connectivity index (χ0v) is 28.1. The summed E-state index contributed by atoms with van der Waals surface area (Å²) in [5.74, 6) is 1.81. The fourth-order valence-corrected chi connectivity index (χ4v) is 6.83. The molecule has 1 aromatic heterocycles. The number of hydrogen-bond acceptors (Lipinski definition) is 4. The number of nitrogens with one attached hydrogen (secondary N) is 1. The number of nitrogens with two attached hydrogens (primary N) is 1. The second kappa shape index (κ2) is 14.0. The lowest BCUT2D eigenvalue weighted by atomic mass is 10.1. The summed E-state index contributed by atoms with van der Waals surface area (Å²) in [6, 6.07) is 55.7. The zero-order valence-electron chi connectivity index (χ0n) is 28.1. The van der Waals surface area contributed by atoms with Gasteiger partial charge in [-0.1, -0.05) is 115 Å². The van der Waals surface area contributed by atoms with E-state index in [0.29, 0.717) is 18.2 Å². The van der Waals surface area contributed by atoms with Gasteiger partial charge in [0.05, 0.1) is 23.8 Å². The van der Waals surface area contributed by atoms with Crippen LogP contribution < -0.4 is 16.0 Å². The number of hydrogen-bond donors (Lipinski definition) is 2. The number of aromatic nitrogens is 1. The number of para-hydroxylation sites is 3. The van der Waals surface area contributed by atoms with Crippen LogP contribution in [0.4, 0.5) is 22.9 Å². The Hall–Kier alpha value is -6.73. The molecule has 1 aliphatic heterocycles. The molecule has 51 heavy (non-hydrogen) atoms. The highest BCUT2D eigenvalue weighted by atomic mass is 15.2. The van der Waals surface area contributed by atoms with Crippen LogP contribution in [0.1, 0.15) is 28.3 Å². The number of benzene rings is 6. The zero-order chi connectivity index (χ0) is 34.6. The predicted octanol–water partition coefficient (Wildman–Crippen LogP) is 9.62. The van der Waals surface area contributed by atoms with Gasteiger partial charge in [-0.2, -0.15) is 0 Å². The third kappa shape index (κ3) is 6.29. The van der Waals surface area contributed by atoms with Crippen molar-refractivity contribution in [3.8, 4) is 5.69 Å². The van der Waals surface area contributed by atoms with E-state index in [1.807, 2.05) is 66.7 Å². The van der Waals surface area contributed by atoms with Gasteiger partial charge >= 0.3 is 0 Å². The van der Waals surface area contributed by atoms with Crippen molar-refractivity contribution in [2.24, 2.45) is 20.7 Å². The molecule has 0 fully saturated rings. The Balaban J connectivity index is 1.12. The minimum absolute atomic E-state index is 0.00896. The summed E-state index contributed by atoms with van der Waals surface area (Å²) in [7, 11) is 0. The minimum atomic E-state index is 0.00896. The Morgan fingerprint density at radius 1 is 0.686 bits per heavy atom. The van der Waals surface area contributed by atoms with Gasteiger partial charge in [0.15, 0.2) is 11.7 Å². The van der Waals surface area contributed by atoms with Gasteiger partial charge in [0, 0.05) is 40.1 Å². The molecule has 2 heterocycles. The number of anilines is 3. The standard InChI is InChI=1S/C44H37N7/c1-46-44-41(37-22-12-14-24-40(37)51(44)35-19-9-4-10-20-35)48-38-30-50(39-23-13-11-21-36(38)39)34-27-25-33(26-28-34)43(47-29-31-15-5-2-6-16-31)49-42(45)32-17-7-3-8-18-32/h2-28,38,48H,1,29-30H2,(H2,45,47,49). The molecule has 0 bridgehead atoms. The lowest BCUT2D eigenvalue weighted by Crippen LogP contribution is -2.20. The maximum atomic E-state index is 6.49. The minimum Gasteiger partial charge on any atom is -0.383 e. The third-order valence-electron chi connectivity index (χ3n) is 9.29. The largest absolute Gasteiger partial charge is 0.383 e. The van der Waals surface area contributed by atoms with Crippen molar-refractivity contribution in [1.82, 2.24) is 4.57 Å². The van der Waals surface area contributed by atoms with Crippen molar-refractivity contribution < 1.29 is 0 Å². The van der Waals surface area contributed by atoms with E-state index in [9.17, 15) is 0 Å². The van der Waals surface area contributed by atoms with Gasteiger partial charge in [-0.25, -0.2) is 9.98 Å². The number of amidine groups is 2. The van der Waals surface area contributed by atoms with Crippen molar-refractivity contribution in [1.29, 1.82) is 0 Å². The topological polar surface area (TPSA) is 83.3 Å². The van der Waals surface area contributed by atoms with Gasteiger partial charge in [0.25, 0.3) is 0 Å². The van der Waals surface area contributed by atoms with E-state index in [1.54, 1.807) is 0 Å². The number of aliphatic imine (C=N–C) groups is 3. The smallest absolute Gasteiger partial charge is 0.161 e. The highest BCUT2D eigenvalue weighted by Gasteiger charge is 2.31. The Bertz CT molecular complexity index is 2360. The van der Waals surface area contributed by atoms with Gasteiger partial charge < -0.3 is 16.0 Å². The summed E-state index contributed by atoms with van der Waals surface area (Å²) >= 11 is 0. The molecule has 248 valence electrons. The monoisotopic (exact) mass is 663 g/mol. The Morgan fingerprint density at radius 3 is 2.08 bits per heavy atom. The molecular weight excluding hydrogens is 627 g/mol. The first-order chi connectivity index (χ1) is 25.2. The summed E-state index contributed by atoms with van der Waals surface area (Å²) in [5, 5.41) is 5.00. The molecule has 0 saturated heterocycles. The highest BCUT2D eigenvalue weighted by Crippen LogP contribution is 2.45. The summed E-state index contributed by atoms with van der Waals surface area (Å²) in [5.41, 5.74) is 15.9. The van der Waals surface area contributed by atoms with Crippen molar-refractivity contribution in [2.45, 2.75) is 12.6 Å². The quantitative estimate of drug-likeness (QED) is 0.119. The average Bonchev–Trinajstić information content (AvgIpc) is 3.73. The van der Waals surface area contributed by atoms with E-state index < -0.39 is 0 Å². The molecule has 6 aromatic carbocycles. The van der Waals surface area contributed by atoms with Crippen LogP contribution in [0.3, 0.4) is 0 Å². The van der Waals surface area contributed by atoms with Crippen LogP contribution in [0.25, 0.3) is 16.6 Å². The maximum Gasteiger partial charge on any atom is 0.161 e. The molecule has 0 aliphatic carbocycles. The summed E-state index contributed by atoms with van der Waals surface area (Å²) in [6.45, 7) is 5.22. The fourth-order valence-electron chi connectivity index (χ4n) is 6.83. The summed E-state index contributed by atoms with van der Waals surface area (Å²) in [6.07, 6.45) is 0. The molecule has 7 nitrogen and oxygen atoms in total. The van der Waals surface area contributed by atoms with E-state index in [2.05, 4.69) is 124 Å². The second-order valence-electron chi connectivity index (χ2n) is 12.4. The number of rotatable bonds is 9. The molecule has 0 spiro atoms. The van der Waals surface area contributed by atoms with E-state index >= 15 is 0 Å². The Labute approximate surface area is 297 Å². The van der Waals surface area contributed by atoms with Crippen LogP contribution in [0.2, 0.25) is 0 Å². The van der Waals surface area contributed by atoms with Crippen LogP contribution in [-0.4, -0.2) is 29.5 Å². The van der Waals surface area contributed by atoms with Crippen molar-refractivity contribution in [2.75, 3.05) is 16.8 Å². The van der Waals surface area contributed by atoms with Crippen molar-refractivity contribution in [3.63, 3.8) is 0 Å². The Morgan fingerprint density at radius 2 is 1.33 bits per heavy atom. The summed E-state index contributed by atoms with van der Waals surface area (Å²) < 4.78 is 2.17. The van der Waals surface area contributed by atoms with Crippen LogP contribution in [-0.2, 0) is 6.54 Å². The van der Waals surface area contributed by atoms with Crippen LogP contribution in [0.15, 0.2) is 179 Å². The fraction of sp³-hybridized carbons (Fsp3) is 0.0682. The van der Waals surface area contributed by atoms with E-state index in [1.165, 1.54) is 5.56 Å². The van der Waals surface area contributed by atoms with Crippen molar-refractivity contribution in [3.05, 3.63) is 186 Å². The molecule has 3 N–H and O–H groups in total. The number of nitrogens with zero attached hydrogens (tertiary/aromatic N) is 5. The third-order valence-corrected chi connectivity index (χ3v) is 9.29. The van der Waals surface area contributed by atoms with Gasteiger partial charge in [-0.3, -0.25) is 9.56 Å². The van der Waals surface area contributed by atoms with Gasteiger partial charge in [0.1, 0.15) is 5.84 Å². The highest BCUT2D eigenvalue weighted by molar-refractivity contribution is 6.11. The lowest BCUT2D eigenvalue weighted by molar-refractivity contribution is 0.830. The Kier molecular flexibility index (Phi) is 8.67. The van der Waals surface area contributed by atoms with E-state index in [0.717, 1.165) is 62.7 Å². The first-order valence-electron chi connectivity index (χ1n) is 17.0. The molecule has 1 aliphatic rings. The molecule has 8 rings (SSSR count). The first-order valence-corrected chi connectivity index (χ1v) is 17.0. The molecule has 0 radical (unpaired) electrons. The molecule has 0 amide bonds. The van der Waals surface area contributed by atoms with E-state index in [4.69, 9.17) is 15.7 Å². The van der Waals surface area contributed by atoms with Gasteiger partial charge in [-0.15, -0.1) is 0 Å². The molecule has 7 heteroatoms. The normalized spacial score (nSPS) is 14.4. The van der Waals surface area contributed by atoms with Crippen LogP contribution >= 0.6 is 0 Å². The SMILES string of the molecule is C=Nc1c(NC2CN(c3ccc(C(N=C(N)c4ccccc4)=NCc4ccccc4)cc3)c3ccccc32)c2ccccc2n1-c1ccccc1. The van der Waals surface area contributed by atoms with Crippen LogP contribution in [0, 0.1) is 0 Å². The molecular formula is C44H37N7. The first kappa shape index (κ1) is 31.5. The molecule has 1 atom stereocenters. The second-order valence-corrected chi connectivity index (χ2v) is 12.4. The predicted molar refractivity (Wildman–Crippen MR) is 213 cm³/mol. The molecule has 0 saturated carbocycles.